The average molecular weight is 500 g/mol. The van der Waals surface area contributed by atoms with Crippen LogP contribution in [0.15, 0.2) is 29.6 Å². The lowest BCUT2D eigenvalue weighted by Gasteiger charge is -2.28. The van der Waals surface area contributed by atoms with E-state index in [0.717, 1.165) is 18.6 Å². The Morgan fingerprint density at radius 1 is 1.12 bits per heavy atom. The quantitative estimate of drug-likeness (QED) is 0.495. The van der Waals surface area contributed by atoms with Crippen molar-refractivity contribution in [2.75, 3.05) is 13.2 Å². The molecule has 1 aromatic carbocycles. The number of halogens is 3. The molecule has 1 saturated carbocycles. The van der Waals surface area contributed by atoms with E-state index in [1.54, 1.807) is 5.38 Å². The SMILES string of the molecule is CC1CCCCC1CCNC(=O)c1csc(CNC(=O)COc2ccc(OC(F)(F)F)cc2)n1. The van der Waals surface area contributed by atoms with E-state index in [2.05, 4.69) is 27.3 Å². The van der Waals surface area contributed by atoms with Gasteiger partial charge in [-0.25, -0.2) is 4.98 Å². The second-order valence-corrected chi connectivity index (χ2v) is 9.22. The molecular formula is C23H28F3N3O4S. The Kier molecular flexibility index (Phi) is 9.14. The van der Waals surface area contributed by atoms with Crippen LogP contribution < -0.4 is 20.1 Å². The second kappa shape index (κ2) is 12.0. The Balaban J connectivity index is 1.35. The number of aromatic nitrogens is 1. The first kappa shape index (κ1) is 25.8. The van der Waals surface area contributed by atoms with Gasteiger partial charge in [-0.3, -0.25) is 9.59 Å². The molecule has 0 radical (unpaired) electrons. The van der Waals surface area contributed by atoms with Gasteiger partial charge in [0.15, 0.2) is 6.61 Å². The highest BCUT2D eigenvalue weighted by Crippen LogP contribution is 2.31. The van der Waals surface area contributed by atoms with Crippen LogP contribution in [0.4, 0.5) is 13.2 Å². The Hall–Kier alpha value is -2.82. The van der Waals surface area contributed by atoms with Crippen LogP contribution in [-0.2, 0) is 11.3 Å². The Morgan fingerprint density at radius 3 is 2.53 bits per heavy atom. The molecule has 1 aromatic heterocycles. The number of amides is 2. The van der Waals surface area contributed by atoms with Crippen molar-refractivity contribution in [2.24, 2.45) is 11.8 Å². The van der Waals surface area contributed by atoms with Gasteiger partial charge >= 0.3 is 6.36 Å². The smallest absolute Gasteiger partial charge is 0.484 e. The Labute approximate surface area is 200 Å². The highest BCUT2D eigenvalue weighted by Gasteiger charge is 2.31. The fraction of sp³-hybridized carbons (Fsp3) is 0.522. The third-order valence-corrected chi connectivity index (χ3v) is 6.59. The van der Waals surface area contributed by atoms with E-state index >= 15 is 0 Å². The molecule has 0 aliphatic heterocycles. The van der Waals surface area contributed by atoms with Crippen molar-refractivity contribution in [3.8, 4) is 11.5 Å². The molecule has 1 fully saturated rings. The molecule has 1 heterocycles. The zero-order chi connectivity index (χ0) is 24.6. The molecule has 0 spiro atoms. The van der Waals surface area contributed by atoms with Crippen LogP contribution in [0, 0.1) is 11.8 Å². The van der Waals surface area contributed by atoms with Crippen LogP contribution in [0.25, 0.3) is 0 Å². The molecule has 2 N–H and O–H groups in total. The third-order valence-electron chi connectivity index (χ3n) is 5.74. The normalized spacial score (nSPS) is 18.2. The van der Waals surface area contributed by atoms with E-state index in [0.29, 0.717) is 29.1 Å². The topological polar surface area (TPSA) is 89.6 Å². The largest absolute Gasteiger partial charge is 0.573 e. The maximum atomic E-state index is 12.3. The summed E-state index contributed by atoms with van der Waals surface area (Å²) in [6.45, 7) is 2.72. The number of hydrogen-bond donors (Lipinski definition) is 2. The van der Waals surface area contributed by atoms with Crippen molar-refractivity contribution < 1.29 is 32.2 Å². The molecule has 2 aromatic rings. The summed E-state index contributed by atoms with van der Waals surface area (Å²) in [5.74, 6) is 0.546. The van der Waals surface area contributed by atoms with Crippen LogP contribution in [0.2, 0.25) is 0 Å². The summed E-state index contributed by atoms with van der Waals surface area (Å²) < 4.78 is 45.5. The molecule has 7 nitrogen and oxygen atoms in total. The van der Waals surface area contributed by atoms with E-state index in [4.69, 9.17) is 4.74 Å². The van der Waals surface area contributed by atoms with Gasteiger partial charge in [-0.2, -0.15) is 0 Å². The molecule has 1 aliphatic rings. The van der Waals surface area contributed by atoms with Crippen molar-refractivity contribution in [1.82, 2.24) is 15.6 Å². The number of hydrogen-bond acceptors (Lipinski definition) is 6. The number of carbonyl (C=O) groups is 2. The van der Waals surface area contributed by atoms with Crippen molar-refractivity contribution in [2.45, 2.75) is 51.9 Å². The molecule has 1 aliphatic carbocycles. The molecule has 3 rings (SSSR count). The second-order valence-electron chi connectivity index (χ2n) is 8.28. The predicted molar refractivity (Wildman–Crippen MR) is 121 cm³/mol. The number of carbonyl (C=O) groups excluding carboxylic acids is 2. The number of benzene rings is 1. The summed E-state index contributed by atoms with van der Waals surface area (Å²) in [6, 6.07) is 4.74. The lowest BCUT2D eigenvalue weighted by molar-refractivity contribution is -0.274. The molecule has 2 atom stereocenters. The fourth-order valence-corrected chi connectivity index (χ4v) is 4.61. The minimum absolute atomic E-state index is 0.137. The standard InChI is InChI=1S/C23H28F3N3O4S/c1-15-4-2-3-5-16(15)10-11-27-22(31)19-14-34-21(29-19)12-28-20(30)13-32-17-6-8-18(9-7-17)33-23(24,25)26/h6-9,14-16H,2-5,10-13H2,1H3,(H,27,31)(H,28,30). The highest BCUT2D eigenvalue weighted by molar-refractivity contribution is 7.09. The zero-order valence-electron chi connectivity index (χ0n) is 18.8. The number of rotatable bonds is 10. The Bertz CT molecular complexity index is 950. The first-order valence-corrected chi connectivity index (χ1v) is 12.1. The van der Waals surface area contributed by atoms with Crippen molar-refractivity contribution in [1.29, 1.82) is 0 Å². The van der Waals surface area contributed by atoms with Crippen molar-refractivity contribution in [3.05, 3.63) is 40.3 Å². The first-order chi connectivity index (χ1) is 16.2. The number of nitrogens with zero attached hydrogens (tertiary/aromatic N) is 1. The molecule has 11 heteroatoms. The summed E-state index contributed by atoms with van der Waals surface area (Å²) in [7, 11) is 0. The highest BCUT2D eigenvalue weighted by atomic mass is 32.1. The van der Waals surface area contributed by atoms with Gasteiger partial charge in [-0.05, 0) is 42.5 Å². The summed E-state index contributed by atoms with van der Waals surface area (Å²) in [5.41, 5.74) is 0.323. The molecule has 2 amide bonds. The fourth-order valence-electron chi connectivity index (χ4n) is 3.89. The van der Waals surface area contributed by atoms with E-state index < -0.39 is 12.3 Å². The number of ether oxygens (including phenoxy) is 2. The summed E-state index contributed by atoms with van der Waals surface area (Å²) in [6.07, 6.45) is 1.23. The van der Waals surface area contributed by atoms with Gasteiger partial charge in [-0.1, -0.05) is 32.6 Å². The van der Waals surface area contributed by atoms with E-state index in [-0.39, 0.29) is 30.6 Å². The van der Waals surface area contributed by atoms with Gasteiger partial charge in [0, 0.05) is 11.9 Å². The number of thiazole rings is 1. The van der Waals surface area contributed by atoms with Crippen LogP contribution in [-0.4, -0.2) is 36.3 Å². The van der Waals surface area contributed by atoms with Crippen LogP contribution >= 0.6 is 11.3 Å². The predicted octanol–water partition coefficient (Wildman–Crippen LogP) is 4.68. The van der Waals surface area contributed by atoms with E-state index in [1.165, 1.54) is 49.2 Å². The van der Waals surface area contributed by atoms with E-state index in [9.17, 15) is 22.8 Å². The molecule has 0 bridgehead atoms. The van der Waals surface area contributed by atoms with Crippen LogP contribution in [0.5, 0.6) is 11.5 Å². The van der Waals surface area contributed by atoms with Crippen LogP contribution in [0.1, 0.15) is 54.5 Å². The van der Waals surface area contributed by atoms with Crippen LogP contribution in [0.3, 0.4) is 0 Å². The minimum Gasteiger partial charge on any atom is -0.484 e. The van der Waals surface area contributed by atoms with Gasteiger partial charge < -0.3 is 20.1 Å². The van der Waals surface area contributed by atoms with Gasteiger partial charge in [0.1, 0.15) is 22.2 Å². The lowest BCUT2D eigenvalue weighted by Crippen LogP contribution is -2.29. The molecule has 2 unspecified atom stereocenters. The monoisotopic (exact) mass is 499 g/mol. The number of nitrogens with one attached hydrogen (secondary N) is 2. The number of alkyl halides is 3. The molecular weight excluding hydrogens is 471 g/mol. The minimum atomic E-state index is -4.77. The first-order valence-electron chi connectivity index (χ1n) is 11.2. The summed E-state index contributed by atoms with van der Waals surface area (Å²) in [5, 5.41) is 7.79. The zero-order valence-corrected chi connectivity index (χ0v) is 19.6. The average Bonchev–Trinajstić information content (AvgIpc) is 3.27. The maximum absolute atomic E-state index is 12.3. The molecule has 0 saturated heterocycles. The van der Waals surface area contributed by atoms with Gasteiger partial charge in [0.2, 0.25) is 0 Å². The molecule has 186 valence electrons. The van der Waals surface area contributed by atoms with Gasteiger partial charge in [0.25, 0.3) is 11.8 Å². The molecule has 34 heavy (non-hydrogen) atoms. The summed E-state index contributed by atoms with van der Waals surface area (Å²) >= 11 is 1.27. The van der Waals surface area contributed by atoms with Crippen molar-refractivity contribution in [3.63, 3.8) is 0 Å². The summed E-state index contributed by atoms with van der Waals surface area (Å²) in [4.78, 5) is 28.6. The lowest BCUT2D eigenvalue weighted by atomic mass is 9.79. The third kappa shape index (κ3) is 8.51. The Morgan fingerprint density at radius 2 is 1.82 bits per heavy atom. The van der Waals surface area contributed by atoms with Gasteiger partial charge in [-0.15, -0.1) is 24.5 Å². The van der Waals surface area contributed by atoms with Crippen molar-refractivity contribution >= 4 is 23.2 Å². The van der Waals surface area contributed by atoms with Gasteiger partial charge in [0.05, 0.1) is 6.54 Å². The maximum Gasteiger partial charge on any atom is 0.573 e. The van der Waals surface area contributed by atoms with E-state index in [1.807, 2.05) is 0 Å².